The van der Waals surface area contributed by atoms with Gasteiger partial charge in [0.15, 0.2) is 0 Å². The first-order valence-corrected chi connectivity index (χ1v) is 9.26. The zero-order valence-corrected chi connectivity index (χ0v) is 14.2. The van der Waals surface area contributed by atoms with E-state index in [-0.39, 0.29) is 0 Å². The standard InChI is InChI=1S/C18H25N3S/c1-11(2)15-6-4-5-13-10-17(22-3)20-16(21-18(13)15)9-12-7-14(19)8-12/h4-6,12,14,17H,1,7-10,19H2,2-3H3,(H,20,21). The van der Waals surface area contributed by atoms with Crippen LogP contribution in [0, 0.1) is 5.92 Å². The fourth-order valence-corrected chi connectivity index (χ4v) is 3.91. The van der Waals surface area contributed by atoms with E-state index in [0.717, 1.165) is 42.8 Å². The van der Waals surface area contributed by atoms with E-state index in [0.29, 0.717) is 17.3 Å². The smallest absolute Gasteiger partial charge is 0.103 e. The number of hydrogen-bond acceptors (Lipinski definition) is 4. The quantitative estimate of drug-likeness (QED) is 0.890. The summed E-state index contributed by atoms with van der Waals surface area (Å²) in [4.78, 5) is 5.00. The van der Waals surface area contributed by atoms with Gasteiger partial charge in [0.25, 0.3) is 0 Å². The van der Waals surface area contributed by atoms with Crippen LogP contribution in [0.1, 0.15) is 37.3 Å². The third-order valence-electron chi connectivity index (χ3n) is 4.60. The van der Waals surface area contributed by atoms with Crippen molar-refractivity contribution in [2.45, 2.75) is 44.0 Å². The van der Waals surface area contributed by atoms with Crippen molar-refractivity contribution in [3.05, 3.63) is 35.9 Å². The first-order valence-electron chi connectivity index (χ1n) is 7.97. The summed E-state index contributed by atoms with van der Waals surface area (Å²) in [6, 6.07) is 6.83. The maximum Gasteiger partial charge on any atom is 0.103 e. The lowest BCUT2D eigenvalue weighted by Gasteiger charge is -2.33. The molecule has 1 aromatic rings. The molecule has 1 unspecified atom stereocenters. The van der Waals surface area contributed by atoms with E-state index < -0.39 is 0 Å². The van der Waals surface area contributed by atoms with Crippen LogP contribution in [0.3, 0.4) is 0 Å². The third kappa shape index (κ3) is 3.23. The minimum absolute atomic E-state index is 0.383. The van der Waals surface area contributed by atoms with Gasteiger partial charge < -0.3 is 11.1 Å². The molecule has 118 valence electrons. The number of para-hydroxylation sites is 1. The van der Waals surface area contributed by atoms with E-state index in [2.05, 4.69) is 43.3 Å². The Bertz CT molecular complexity index is 602. The molecule has 3 N–H and O–H groups in total. The van der Waals surface area contributed by atoms with E-state index in [1.165, 1.54) is 11.1 Å². The lowest BCUT2D eigenvalue weighted by atomic mass is 9.78. The van der Waals surface area contributed by atoms with Gasteiger partial charge in [-0.15, -0.1) is 11.8 Å². The van der Waals surface area contributed by atoms with Crippen molar-refractivity contribution in [2.24, 2.45) is 16.6 Å². The van der Waals surface area contributed by atoms with Gasteiger partial charge >= 0.3 is 0 Å². The van der Waals surface area contributed by atoms with Gasteiger partial charge in [0, 0.05) is 24.4 Å². The second kappa shape index (κ2) is 6.47. The van der Waals surface area contributed by atoms with Crippen LogP contribution in [-0.2, 0) is 6.42 Å². The summed E-state index contributed by atoms with van der Waals surface area (Å²) < 4.78 is 0. The van der Waals surface area contributed by atoms with Gasteiger partial charge in [-0.05, 0) is 43.1 Å². The fourth-order valence-electron chi connectivity index (χ4n) is 3.31. The summed E-state index contributed by atoms with van der Waals surface area (Å²) in [5.41, 5.74) is 10.6. The predicted molar refractivity (Wildman–Crippen MR) is 97.7 cm³/mol. The molecule has 4 heteroatoms. The molecule has 1 fully saturated rings. The van der Waals surface area contributed by atoms with E-state index in [4.69, 9.17) is 10.7 Å². The Balaban J connectivity index is 1.93. The largest absolute Gasteiger partial charge is 0.361 e. The highest BCUT2D eigenvalue weighted by Gasteiger charge is 2.29. The summed E-state index contributed by atoms with van der Waals surface area (Å²) in [7, 11) is 0. The van der Waals surface area contributed by atoms with Crippen LogP contribution < -0.4 is 11.1 Å². The Kier molecular flexibility index (Phi) is 4.59. The van der Waals surface area contributed by atoms with Gasteiger partial charge in [0.2, 0.25) is 0 Å². The molecule has 0 radical (unpaired) electrons. The number of allylic oxidation sites excluding steroid dienone is 1. The Morgan fingerprint density at radius 3 is 2.86 bits per heavy atom. The van der Waals surface area contributed by atoms with Crippen molar-refractivity contribution in [2.75, 3.05) is 6.26 Å². The molecule has 1 heterocycles. The van der Waals surface area contributed by atoms with Crippen molar-refractivity contribution >= 4 is 28.9 Å². The summed E-state index contributed by atoms with van der Waals surface area (Å²) in [6.07, 6.45) is 6.41. The van der Waals surface area contributed by atoms with Gasteiger partial charge in [-0.3, -0.25) is 0 Å². The molecule has 1 aliphatic heterocycles. The van der Waals surface area contributed by atoms with Gasteiger partial charge in [-0.1, -0.05) is 24.8 Å². The molecule has 0 aromatic heterocycles. The Morgan fingerprint density at radius 2 is 2.23 bits per heavy atom. The number of hydrogen-bond donors (Lipinski definition) is 2. The van der Waals surface area contributed by atoms with Crippen LogP contribution in [-0.4, -0.2) is 23.5 Å². The first kappa shape index (κ1) is 15.6. The van der Waals surface area contributed by atoms with Crippen molar-refractivity contribution in [1.82, 2.24) is 5.32 Å². The fraction of sp³-hybridized carbons (Fsp3) is 0.500. The van der Waals surface area contributed by atoms with Gasteiger partial charge in [0.05, 0.1) is 11.1 Å². The van der Waals surface area contributed by atoms with Crippen LogP contribution in [0.5, 0.6) is 0 Å². The number of nitrogens with one attached hydrogen (secondary N) is 1. The van der Waals surface area contributed by atoms with Crippen molar-refractivity contribution < 1.29 is 0 Å². The molecule has 3 nitrogen and oxygen atoms in total. The maximum absolute atomic E-state index is 5.92. The normalized spacial score (nSPS) is 27.0. The molecule has 0 amide bonds. The number of thioether (sulfide) groups is 1. The number of amidine groups is 1. The third-order valence-corrected chi connectivity index (χ3v) is 5.45. The minimum Gasteiger partial charge on any atom is -0.361 e. The molecular weight excluding hydrogens is 290 g/mol. The number of rotatable bonds is 4. The van der Waals surface area contributed by atoms with Crippen LogP contribution >= 0.6 is 11.8 Å². The number of benzene rings is 1. The molecule has 2 aliphatic rings. The van der Waals surface area contributed by atoms with Crippen LogP contribution in [0.4, 0.5) is 5.69 Å². The molecule has 3 rings (SSSR count). The molecule has 1 atom stereocenters. The average molecular weight is 315 g/mol. The van der Waals surface area contributed by atoms with Crippen molar-refractivity contribution in [3.8, 4) is 0 Å². The maximum atomic E-state index is 5.92. The molecule has 0 spiro atoms. The molecular formula is C18H25N3S. The summed E-state index contributed by atoms with van der Waals surface area (Å²) >= 11 is 1.85. The molecule has 0 bridgehead atoms. The van der Waals surface area contributed by atoms with E-state index in [1.54, 1.807) is 0 Å². The number of nitrogens with zero attached hydrogens (tertiary/aromatic N) is 1. The summed E-state index contributed by atoms with van der Waals surface area (Å²) in [5.74, 6) is 1.80. The number of fused-ring (bicyclic) bond motifs is 1. The summed E-state index contributed by atoms with van der Waals surface area (Å²) in [5, 5.41) is 4.02. The highest BCUT2D eigenvalue weighted by atomic mass is 32.2. The Labute approximate surface area is 137 Å². The second-order valence-corrected chi connectivity index (χ2v) is 7.57. The zero-order valence-electron chi connectivity index (χ0n) is 13.4. The summed E-state index contributed by atoms with van der Waals surface area (Å²) in [6.45, 7) is 6.17. The minimum atomic E-state index is 0.383. The van der Waals surface area contributed by atoms with E-state index in [9.17, 15) is 0 Å². The second-order valence-electron chi connectivity index (χ2n) is 6.53. The number of aliphatic imine (C=N–C) groups is 1. The molecule has 1 aliphatic carbocycles. The monoisotopic (exact) mass is 315 g/mol. The van der Waals surface area contributed by atoms with Crippen LogP contribution in [0.25, 0.3) is 5.57 Å². The van der Waals surface area contributed by atoms with Crippen LogP contribution in [0.15, 0.2) is 29.8 Å². The van der Waals surface area contributed by atoms with Crippen molar-refractivity contribution in [1.29, 1.82) is 0 Å². The lowest BCUT2D eigenvalue weighted by Crippen LogP contribution is -2.40. The van der Waals surface area contributed by atoms with Crippen LogP contribution in [0.2, 0.25) is 0 Å². The van der Waals surface area contributed by atoms with Gasteiger partial charge in [-0.25, -0.2) is 4.99 Å². The molecule has 1 saturated carbocycles. The topological polar surface area (TPSA) is 50.4 Å². The van der Waals surface area contributed by atoms with Gasteiger partial charge in [0.1, 0.15) is 5.84 Å². The first-order chi connectivity index (χ1) is 10.6. The average Bonchev–Trinajstić information content (AvgIpc) is 2.63. The molecule has 0 saturated heterocycles. The lowest BCUT2D eigenvalue weighted by molar-refractivity contribution is 0.273. The highest BCUT2D eigenvalue weighted by molar-refractivity contribution is 7.99. The molecule has 1 aromatic carbocycles. The SMILES string of the molecule is C=C(C)c1cccc2c1N=C(CC1CC(N)C1)NC(SC)C2. The highest BCUT2D eigenvalue weighted by Crippen LogP contribution is 2.35. The molecule has 22 heavy (non-hydrogen) atoms. The van der Waals surface area contributed by atoms with Gasteiger partial charge in [-0.2, -0.15) is 0 Å². The Morgan fingerprint density at radius 1 is 1.45 bits per heavy atom. The Hall–Kier alpha value is -1.26. The van der Waals surface area contributed by atoms with E-state index >= 15 is 0 Å². The zero-order chi connectivity index (χ0) is 15.7. The van der Waals surface area contributed by atoms with E-state index in [1.807, 2.05) is 11.8 Å². The number of nitrogens with two attached hydrogens (primary N) is 1. The van der Waals surface area contributed by atoms with Crippen molar-refractivity contribution in [3.63, 3.8) is 0 Å². The predicted octanol–water partition coefficient (Wildman–Crippen LogP) is 3.71.